The molecule has 1 aromatic rings. The zero-order valence-electron chi connectivity index (χ0n) is 8.19. The molecule has 1 nitrogen and oxygen atoms in total. The maximum atomic E-state index is 13.1. The van der Waals surface area contributed by atoms with Crippen molar-refractivity contribution in [1.82, 2.24) is 5.32 Å². The molecule has 82 valence electrons. The highest BCUT2D eigenvalue weighted by atomic mass is 79.9. The molecule has 1 aliphatic heterocycles. The van der Waals surface area contributed by atoms with Gasteiger partial charge in [-0.15, -0.1) is 0 Å². The monoisotopic (exact) mass is 291 g/mol. The summed E-state index contributed by atoms with van der Waals surface area (Å²) in [7, 11) is 0. The van der Waals surface area contributed by atoms with Crippen LogP contribution in [0.5, 0.6) is 0 Å². The summed E-state index contributed by atoms with van der Waals surface area (Å²) in [5.41, 5.74) is 1.03. The van der Waals surface area contributed by atoms with E-state index < -0.39 is 0 Å². The first-order chi connectivity index (χ1) is 7.16. The first-order valence-electron chi connectivity index (χ1n) is 5.01. The van der Waals surface area contributed by atoms with E-state index >= 15 is 0 Å². The second-order valence-corrected chi connectivity index (χ2v) is 5.18. The van der Waals surface area contributed by atoms with Gasteiger partial charge in [0.2, 0.25) is 0 Å². The van der Waals surface area contributed by atoms with Gasteiger partial charge in [-0.3, -0.25) is 0 Å². The molecule has 0 bridgehead atoms. The van der Waals surface area contributed by atoms with Crippen molar-refractivity contribution in [3.05, 3.63) is 33.0 Å². The Balaban J connectivity index is 2.16. The van der Waals surface area contributed by atoms with E-state index in [1.807, 2.05) is 0 Å². The van der Waals surface area contributed by atoms with Crippen LogP contribution in [0.3, 0.4) is 0 Å². The summed E-state index contributed by atoms with van der Waals surface area (Å²) in [4.78, 5) is 0. The minimum atomic E-state index is -0.298. The second-order valence-electron chi connectivity index (χ2n) is 3.92. The molecule has 0 radical (unpaired) electrons. The molecule has 1 aliphatic rings. The molecule has 1 N–H and O–H groups in total. The van der Waals surface area contributed by atoms with Crippen molar-refractivity contribution in [2.45, 2.75) is 12.8 Å². The molecule has 1 saturated heterocycles. The molecule has 0 saturated carbocycles. The lowest BCUT2D eigenvalue weighted by atomic mass is 9.99. The van der Waals surface area contributed by atoms with Gasteiger partial charge in [0.05, 0.1) is 4.47 Å². The van der Waals surface area contributed by atoms with Crippen LogP contribution >= 0.6 is 27.5 Å². The van der Waals surface area contributed by atoms with E-state index in [2.05, 4.69) is 21.2 Å². The summed E-state index contributed by atoms with van der Waals surface area (Å²) in [6, 6.07) is 3.17. The third-order valence-electron chi connectivity index (χ3n) is 2.76. The summed E-state index contributed by atoms with van der Waals surface area (Å²) in [6.07, 6.45) is 2.09. The molecule has 0 aromatic heterocycles. The Hall–Kier alpha value is -0.120. The molecule has 1 aromatic carbocycles. The van der Waals surface area contributed by atoms with Gasteiger partial charge in [-0.2, -0.15) is 0 Å². The van der Waals surface area contributed by atoms with Gasteiger partial charge in [0.25, 0.3) is 0 Å². The zero-order chi connectivity index (χ0) is 10.8. The second kappa shape index (κ2) is 4.81. The van der Waals surface area contributed by atoms with Crippen molar-refractivity contribution in [3.63, 3.8) is 0 Å². The standard InChI is InChI=1S/C11H12BrClFN/c12-9-4-8(10(13)5-11(9)14)3-7-1-2-15-6-7/h4-5,7,15H,1-3,6H2. The van der Waals surface area contributed by atoms with E-state index in [1.165, 1.54) is 12.5 Å². The van der Waals surface area contributed by atoms with Crippen LogP contribution in [-0.4, -0.2) is 13.1 Å². The Morgan fingerprint density at radius 1 is 1.53 bits per heavy atom. The van der Waals surface area contributed by atoms with Crippen LogP contribution in [0.15, 0.2) is 16.6 Å². The molecule has 0 aliphatic carbocycles. The summed E-state index contributed by atoms with van der Waals surface area (Å²) >= 11 is 9.18. The van der Waals surface area contributed by atoms with Crippen LogP contribution in [-0.2, 0) is 6.42 Å². The van der Waals surface area contributed by atoms with E-state index in [-0.39, 0.29) is 5.82 Å². The number of benzene rings is 1. The van der Waals surface area contributed by atoms with Crippen LogP contribution in [0, 0.1) is 11.7 Å². The van der Waals surface area contributed by atoms with Gasteiger partial charge in [-0.05, 0) is 65.5 Å². The lowest BCUT2D eigenvalue weighted by Crippen LogP contribution is -2.11. The molecular formula is C11H12BrClFN. The number of hydrogen-bond acceptors (Lipinski definition) is 1. The lowest BCUT2D eigenvalue weighted by Gasteiger charge is -2.10. The van der Waals surface area contributed by atoms with E-state index in [4.69, 9.17) is 11.6 Å². The molecule has 2 rings (SSSR count). The first-order valence-corrected chi connectivity index (χ1v) is 6.18. The van der Waals surface area contributed by atoms with Gasteiger partial charge in [0.1, 0.15) is 5.82 Å². The fourth-order valence-electron chi connectivity index (χ4n) is 1.92. The average molecular weight is 293 g/mol. The van der Waals surface area contributed by atoms with Gasteiger partial charge in [-0.1, -0.05) is 11.6 Å². The van der Waals surface area contributed by atoms with Crippen LogP contribution in [0.1, 0.15) is 12.0 Å². The summed E-state index contributed by atoms with van der Waals surface area (Å²) < 4.78 is 13.6. The fraction of sp³-hybridized carbons (Fsp3) is 0.455. The van der Waals surface area contributed by atoms with Crippen molar-refractivity contribution in [1.29, 1.82) is 0 Å². The molecular weight excluding hydrogens is 280 g/mol. The van der Waals surface area contributed by atoms with Crippen molar-refractivity contribution in [2.24, 2.45) is 5.92 Å². The van der Waals surface area contributed by atoms with Gasteiger partial charge >= 0.3 is 0 Å². The maximum absolute atomic E-state index is 13.1. The average Bonchev–Trinajstić information content (AvgIpc) is 2.67. The Kier molecular flexibility index (Phi) is 3.65. The molecule has 1 atom stereocenters. The minimum Gasteiger partial charge on any atom is -0.316 e. The predicted molar refractivity (Wildman–Crippen MR) is 63.8 cm³/mol. The highest BCUT2D eigenvalue weighted by molar-refractivity contribution is 9.10. The molecule has 0 spiro atoms. The maximum Gasteiger partial charge on any atom is 0.138 e. The van der Waals surface area contributed by atoms with Crippen LogP contribution in [0.4, 0.5) is 4.39 Å². The smallest absolute Gasteiger partial charge is 0.138 e. The lowest BCUT2D eigenvalue weighted by molar-refractivity contribution is 0.576. The molecule has 1 unspecified atom stereocenters. The van der Waals surface area contributed by atoms with E-state index in [0.717, 1.165) is 25.1 Å². The molecule has 0 amide bonds. The third kappa shape index (κ3) is 2.71. The molecule has 1 fully saturated rings. The third-order valence-corrected chi connectivity index (χ3v) is 3.72. The van der Waals surface area contributed by atoms with E-state index in [9.17, 15) is 4.39 Å². The number of nitrogens with one attached hydrogen (secondary N) is 1. The van der Waals surface area contributed by atoms with Crippen LogP contribution in [0.25, 0.3) is 0 Å². The Bertz CT molecular complexity index is 364. The molecule has 15 heavy (non-hydrogen) atoms. The van der Waals surface area contributed by atoms with Crippen LogP contribution < -0.4 is 5.32 Å². The number of rotatable bonds is 2. The summed E-state index contributed by atoms with van der Waals surface area (Å²) in [6.45, 7) is 2.11. The highest BCUT2D eigenvalue weighted by Gasteiger charge is 2.17. The fourth-order valence-corrected chi connectivity index (χ4v) is 2.54. The van der Waals surface area contributed by atoms with Crippen LogP contribution in [0.2, 0.25) is 5.02 Å². The SMILES string of the molecule is Fc1cc(Cl)c(CC2CCNC2)cc1Br. The molecule has 4 heteroatoms. The van der Waals surface area contributed by atoms with Crippen molar-refractivity contribution in [3.8, 4) is 0 Å². The number of hydrogen-bond donors (Lipinski definition) is 1. The Morgan fingerprint density at radius 2 is 2.33 bits per heavy atom. The van der Waals surface area contributed by atoms with Crippen molar-refractivity contribution in [2.75, 3.05) is 13.1 Å². The van der Waals surface area contributed by atoms with E-state index in [0.29, 0.717) is 15.4 Å². The van der Waals surface area contributed by atoms with Gasteiger partial charge < -0.3 is 5.32 Å². The molecule has 1 heterocycles. The van der Waals surface area contributed by atoms with Gasteiger partial charge in [0, 0.05) is 5.02 Å². The summed E-state index contributed by atoms with van der Waals surface area (Å²) in [5.74, 6) is 0.327. The quantitative estimate of drug-likeness (QED) is 0.824. The number of halogens is 3. The highest BCUT2D eigenvalue weighted by Crippen LogP contribution is 2.27. The Labute approximate surface area is 102 Å². The van der Waals surface area contributed by atoms with Crippen molar-refractivity contribution < 1.29 is 4.39 Å². The van der Waals surface area contributed by atoms with E-state index in [1.54, 1.807) is 6.07 Å². The zero-order valence-corrected chi connectivity index (χ0v) is 10.5. The van der Waals surface area contributed by atoms with Gasteiger partial charge in [0.15, 0.2) is 0 Å². The largest absolute Gasteiger partial charge is 0.316 e. The minimum absolute atomic E-state index is 0.298. The predicted octanol–water partition coefficient (Wildman–Crippen LogP) is 3.39. The van der Waals surface area contributed by atoms with Crippen molar-refractivity contribution >= 4 is 27.5 Å². The van der Waals surface area contributed by atoms with Gasteiger partial charge in [-0.25, -0.2) is 4.39 Å². The Morgan fingerprint density at radius 3 is 3.00 bits per heavy atom. The normalized spacial score (nSPS) is 20.9. The topological polar surface area (TPSA) is 12.0 Å². The summed E-state index contributed by atoms with van der Waals surface area (Å²) in [5, 5.41) is 3.84. The first kappa shape index (κ1) is 11.4.